The Kier molecular flexibility index (Phi) is 6.81. The quantitative estimate of drug-likeness (QED) is 0.304. The van der Waals surface area contributed by atoms with E-state index in [1.807, 2.05) is 36.4 Å². The summed E-state index contributed by atoms with van der Waals surface area (Å²) in [7, 11) is 0. The summed E-state index contributed by atoms with van der Waals surface area (Å²) in [6.45, 7) is 4.64. The lowest BCUT2D eigenvalue weighted by Crippen LogP contribution is -2.22. The second-order valence-electron chi connectivity index (χ2n) is 7.64. The predicted octanol–water partition coefficient (Wildman–Crippen LogP) is 5.88. The molecule has 0 saturated heterocycles. The maximum atomic E-state index is 13.1. The van der Waals surface area contributed by atoms with Crippen LogP contribution >= 0.6 is 15.9 Å². The lowest BCUT2D eigenvalue weighted by atomic mass is 10.2. The van der Waals surface area contributed by atoms with E-state index < -0.39 is 0 Å². The van der Waals surface area contributed by atoms with Gasteiger partial charge in [-0.15, -0.1) is 0 Å². The fraction of sp³-hybridized carbons (Fsp3) is 0.192. The van der Waals surface area contributed by atoms with E-state index in [-0.39, 0.29) is 5.56 Å². The number of halogens is 1. The molecular weight excluding hydrogens is 466 g/mol. The van der Waals surface area contributed by atoms with Crippen LogP contribution in [0.5, 0.6) is 5.75 Å². The Morgan fingerprint density at radius 1 is 1.06 bits per heavy atom. The summed E-state index contributed by atoms with van der Waals surface area (Å²) in [5.41, 5.74) is 3.74. The third-order valence-corrected chi connectivity index (χ3v) is 5.57. The molecule has 0 aliphatic heterocycles. The Labute approximate surface area is 195 Å². The number of ether oxygens (including phenoxy) is 1. The van der Waals surface area contributed by atoms with E-state index in [0.29, 0.717) is 29.8 Å². The summed E-state index contributed by atoms with van der Waals surface area (Å²) in [6.07, 6.45) is 3.22. The van der Waals surface area contributed by atoms with Crippen LogP contribution in [0.2, 0.25) is 0 Å². The summed E-state index contributed by atoms with van der Waals surface area (Å²) >= 11 is 3.43. The monoisotopic (exact) mass is 489 g/mol. The fourth-order valence-corrected chi connectivity index (χ4v) is 3.69. The highest BCUT2D eigenvalue weighted by atomic mass is 79.9. The molecule has 4 rings (SSSR count). The molecule has 0 amide bonds. The van der Waals surface area contributed by atoms with Crippen LogP contribution in [0.15, 0.2) is 81.1 Å². The van der Waals surface area contributed by atoms with Crippen molar-refractivity contribution in [3.63, 3.8) is 0 Å². The first-order valence-electron chi connectivity index (χ1n) is 10.6. The van der Waals surface area contributed by atoms with Crippen molar-refractivity contribution in [2.45, 2.75) is 33.3 Å². The Balaban J connectivity index is 1.54. The van der Waals surface area contributed by atoms with Gasteiger partial charge in [0, 0.05) is 10.9 Å². The molecule has 4 aromatic rings. The van der Waals surface area contributed by atoms with E-state index in [2.05, 4.69) is 64.1 Å². The molecule has 0 N–H and O–H groups in total. The molecule has 0 fully saturated rings. The van der Waals surface area contributed by atoms with Crippen LogP contribution in [0.25, 0.3) is 10.9 Å². The molecule has 0 atom stereocenters. The van der Waals surface area contributed by atoms with Crippen molar-refractivity contribution in [3.8, 4) is 5.75 Å². The Bertz CT molecular complexity index is 1310. The third kappa shape index (κ3) is 5.14. The van der Waals surface area contributed by atoms with Crippen molar-refractivity contribution < 1.29 is 4.74 Å². The van der Waals surface area contributed by atoms with Crippen molar-refractivity contribution in [2.75, 3.05) is 0 Å². The lowest BCUT2D eigenvalue weighted by molar-refractivity contribution is 0.306. The second-order valence-corrected chi connectivity index (χ2v) is 8.56. The topological polar surface area (TPSA) is 56.5 Å². The van der Waals surface area contributed by atoms with Gasteiger partial charge in [0.2, 0.25) is 0 Å². The van der Waals surface area contributed by atoms with Crippen molar-refractivity contribution in [1.82, 2.24) is 9.66 Å². The molecule has 162 valence electrons. The maximum absolute atomic E-state index is 13.1. The largest absolute Gasteiger partial charge is 0.489 e. The Morgan fingerprint density at radius 2 is 1.81 bits per heavy atom. The van der Waals surface area contributed by atoms with E-state index in [1.165, 1.54) is 10.2 Å². The number of nitrogens with zero attached hydrogens (tertiary/aromatic N) is 3. The van der Waals surface area contributed by atoms with Crippen LogP contribution in [0, 0.1) is 6.92 Å². The summed E-state index contributed by atoms with van der Waals surface area (Å²) in [6, 6.07) is 21.5. The van der Waals surface area contributed by atoms with E-state index in [4.69, 9.17) is 4.74 Å². The maximum Gasteiger partial charge on any atom is 0.282 e. The molecule has 3 aromatic carbocycles. The number of aromatic nitrogens is 2. The zero-order valence-electron chi connectivity index (χ0n) is 18.1. The van der Waals surface area contributed by atoms with Crippen molar-refractivity contribution in [2.24, 2.45) is 5.10 Å². The number of fused-ring (bicyclic) bond motifs is 1. The van der Waals surface area contributed by atoms with Gasteiger partial charge in [-0.1, -0.05) is 52.7 Å². The number of aryl methyl sites for hydroxylation is 2. The van der Waals surface area contributed by atoms with Crippen LogP contribution < -0.4 is 10.3 Å². The van der Waals surface area contributed by atoms with Crippen LogP contribution in [0.3, 0.4) is 0 Å². The smallest absolute Gasteiger partial charge is 0.282 e. The molecule has 0 radical (unpaired) electrons. The minimum Gasteiger partial charge on any atom is -0.489 e. The minimum absolute atomic E-state index is 0.172. The normalized spacial score (nSPS) is 11.3. The van der Waals surface area contributed by atoms with Gasteiger partial charge in [0.05, 0.1) is 17.1 Å². The van der Waals surface area contributed by atoms with Crippen LogP contribution in [0.4, 0.5) is 0 Å². The van der Waals surface area contributed by atoms with Gasteiger partial charge in [0.1, 0.15) is 18.2 Å². The van der Waals surface area contributed by atoms with Crippen LogP contribution in [0.1, 0.15) is 35.9 Å². The molecule has 0 aliphatic carbocycles. The first kappa shape index (κ1) is 22.0. The highest BCUT2D eigenvalue weighted by molar-refractivity contribution is 9.10. The standard InChI is InChI=1S/C26H24BrN3O2/c1-3-4-25-29-24-14-11-21(27)15-23(24)26(31)30(25)28-16-19-9-12-22(13-10-19)32-17-20-7-5-18(2)6-8-20/h5-16H,3-4,17H2,1-2H3. The molecular formula is C26H24BrN3O2. The molecule has 0 unspecified atom stereocenters. The van der Waals surface area contributed by atoms with Crippen molar-refractivity contribution in [1.29, 1.82) is 0 Å². The summed E-state index contributed by atoms with van der Waals surface area (Å²) in [4.78, 5) is 17.7. The van der Waals surface area contributed by atoms with E-state index in [0.717, 1.165) is 27.8 Å². The van der Waals surface area contributed by atoms with E-state index in [1.54, 1.807) is 12.3 Å². The zero-order valence-corrected chi connectivity index (χ0v) is 19.7. The molecule has 5 nitrogen and oxygen atoms in total. The Hall–Kier alpha value is -3.25. The molecule has 0 bridgehead atoms. The lowest BCUT2D eigenvalue weighted by Gasteiger charge is -2.09. The number of hydrogen-bond donors (Lipinski definition) is 0. The molecule has 1 heterocycles. The van der Waals surface area contributed by atoms with Gasteiger partial charge >= 0.3 is 0 Å². The first-order chi connectivity index (χ1) is 15.5. The van der Waals surface area contributed by atoms with Gasteiger partial charge < -0.3 is 4.74 Å². The van der Waals surface area contributed by atoms with Gasteiger partial charge in [0.15, 0.2) is 0 Å². The molecule has 0 saturated carbocycles. The number of rotatable bonds is 7. The molecule has 6 heteroatoms. The third-order valence-electron chi connectivity index (χ3n) is 5.08. The average molecular weight is 490 g/mol. The van der Waals surface area contributed by atoms with Crippen LogP contribution in [-0.4, -0.2) is 15.9 Å². The number of benzene rings is 3. The van der Waals surface area contributed by atoms with Gasteiger partial charge in [-0.05, 0) is 66.9 Å². The van der Waals surface area contributed by atoms with Gasteiger partial charge in [-0.2, -0.15) is 9.78 Å². The fourth-order valence-electron chi connectivity index (χ4n) is 3.32. The average Bonchev–Trinajstić information content (AvgIpc) is 2.80. The minimum atomic E-state index is -0.172. The van der Waals surface area contributed by atoms with Gasteiger partial charge in [0.25, 0.3) is 5.56 Å². The van der Waals surface area contributed by atoms with Gasteiger partial charge in [-0.25, -0.2) is 4.98 Å². The zero-order chi connectivity index (χ0) is 22.5. The highest BCUT2D eigenvalue weighted by Crippen LogP contribution is 2.17. The first-order valence-corrected chi connectivity index (χ1v) is 11.4. The molecule has 0 aliphatic rings. The van der Waals surface area contributed by atoms with Crippen molar-refractivity contribution in [3.05, 3.63) is 104 Å². The summed E-state index contributed by atoms with van der Waals surface area (Å²) < 4.78 is 8.10. The van der Waals surface area contributed by atoms with Crippen LogP contribution in [-0.2, 0) is 13.0 Å². The highest BCUT2D eigenvalue weighted by Gasteiger charge is 2.10. The van der Waals surface area contributed by atoms with E-state index in [9.17, 15) is 4.79 Å². The van der Waals surface area contributed by atoms with E-state index >= 15 is 0 Å². The second kappa shape index (κ2) is 9.92. The molecule has 0 spiro atoms. The Morgan fingerprint density at radius 3 is 2.53 bits per heavy atom. The number of hydrogen-bond acceptors (Lipinski definition) is 4. The summed E-state index contributed by atoms with van der Waals surface area (Å²) in [5, 5.41) is 5.00. The SMILES string of the molecule is CCCc1nc2ccc(Br)cc2c(=O)n1N=Cc1ccc(OCc2ccc(C)cc2)cc1. The predicted molar refractivity (Wildman–Crippen MR) is 133 cm³/mol. The van der Waals surface area contributed by atoms with Crippen molar-refractivity contribution >= 4 is 33.0 Å². The summed E-state index contributed by atoms with van der Waals surface area (Å²) in [5.74, 6) is 1.44. The molecule has 32 heavy (non-hydrogen) atoms. The van der Waals surface area contributed by atoms with Gasteiger partial charge in [-0.3, -0.25) is 4.79 Å². The molecule has 1 aromatic heterocycles.